The van der Waals surface area contributed by atoms with Crippen molar-refractivity contribution in [1.29, 1.82) is 5.41 Å². The minimum absolute atomic E-state index is 0.188. The van der Waals surface area contributed by atoms with Crippen LogP contribution in [0.25, 0.3) is 0 Å². The second-order valence-electron chi connectivity index (χ2n) is 3.88. The van der Waals surface area contributed by atoms with Crippen LogP contribution in [0.1, 0.15) is 28.8 Å². The molecule has 1 aromatic rings. The number of carbonyl (C=O) groups is 1. The molecule has 0 heterocycles. The maximum absolute atomic E-state index is 11.1. The third-order valence-electron chi connectivity index (χ3n) is 2.76. The second kappa shape index (κ2) is 4.78. The molecule has 0 atom stereocenters. The van der Waals surface area contributed by atoms with Crippen LogP contribution in [0.2, 0.25) is 0 Å². The van der Waals surface area contributed by atoms with Crippen LogP contribution < -0.4 is 0 Å². The first-order valence-electron chi connectivity index (χ1n) is 5.47. The number of hydrogen-bond donors (Lipinski definition) is 2. The molecule has 0 saturated heterocycles. The maximum atomic E-state index is 11.1. The van der Waals surface area contributed by atoms with Crippen LogP contribution in [0.5, 0.6) is 0 Å². The Labute approximate surface area is 99.6 Å². The Morgan fingerprint density at radius 2 is 1.94 bits per heavy atom. The van der Waals surface area contributed by atoms with Gasteiger partial charge in [0.15, 0.2) is 0 Å². The van der Waals surface area contributed by atoms with E-state index in [9.17, 15) is 4.79 Å². The van der Waals surface area contributed by atoms with Crippen LogP contribution in [-0.4, -0.2) is 16.8 Å². The maximum Gasteiger partial charge on any atom is 0.336 e. The van der Waals surface area contributed by atoms with E-state index < -0.39 is 5.97 Å². The number of carboxylic acid groups (broad SMARTS) is 1. The highest BCUT2D eigenvalue weighted by Gasteiger charge is 2.15. The molecule has 1 aliphatic rings. The van der Waals surface area contributed by atoms with E-state index in [-0.39, 0.29) is 5.56 Å². The summed E-state index contributed by atoms with van der Waals surface area (Å²) in [5.41, 5.74) is 1.88. The Kier molecular flexibility index (Phi) is 3.19. The smallest absolute Gasteiger partial charge is 0.336 e. The summed E-state index contributed by atoms with van der Waals surface area (Å²) in [7, 11) is 0. The normalized spacial score (nSPS) is 14.2. The van der Waals surface area contributed by atoms with Crippen LogP contribution >= 0.6 is 0 Å². The Morgan fingerprint density at radius 1 is 1.24 bits per heavy atom. The Bertz CT molecular complexity index is 527. The largest absolute Gasteiger partial charge is 0.478 e. The molecule has 0 fully saturated rings. The molecule has 17 heavy (non-hydrogen) atoms. The van der Waals surface area contributed by atoms with E-state index in [0.29, 0.717) is 11.3 Å². The van der Waals surface area contributed by atoms with Crippen molar-refractivity contribution in [3.8, 4) is 0 Å². The molecular weight excluding hydrogens is 214 g/mol. The van der Waals surface area contributed by atoms with Crippen molar-refractivity contribution >= 4 is 11.7 Å². The fourth-order valence-corrected chi connectivity index (χ4v) is 1.87. The van der Waals surface area contributed by atoms with Gasteiger partial charge in [-0.3, -0.25) is 5.41 Å². The Balaban J connectivity index is 2.40. The lowest BCUT2D eigenvalue weighted by Crippen LogP contribution is -2.11. The summed E-state index contributed by atoms with van der Waals surface area (Å²) in [6.07, 6.45) is 7.54. The third-order valence-corrected chi connectivity index (χ3v) is 2.76. The van der Waals surface area contributed by atoms with Gasteiger partial charge in [0.05, 0.1) is 11.3 Å². The molecular formula is C14H13NO2. The van der Waals surface area contributed by atoms with Crippen LogP contribution in [0, 0.1) is 5.41 Å². The molecule has 0 aliphatic heterocycles. The van der Waals surface area contributed by atoms with Gasteiger partial charge in [0.2, 0.25) is 0 Å². The van der Waals surface area contributed by atoms with E-state index in [2.05, 4.69) is 0 Å². The van der Waals surface area contributed by atoms with Gasteiger partial charge in [-0.1, -0.05) is 36.4 Å². The van der Waals surface area contributed by atoms with Crippen molar-refractivity contribution in [2.75, 3.05) is 0 Å². The van der Waals surface area contributed by atoms with Crippen molar-refractivity contribution < 1.29 is 9.90 Å². The predicted octanol–water partition coefficient (Wildman–Crippen LogP) is 3.03. The van der Waals surface area contributed by atoms with Gasteiger partial charge in [0.1, 0.15) is 0 Å². The van der Waals surface area contributed by atoms with Crippen molar-refractivity contribution in [1.82, 2.24) is 0 Å². The van der Waals surface area contributed by atoms with E-state index in [4.69, 9.17) is 10.5 Å². The monoisotopic (exact) mass is 227 g/mol. The highest BCUT2D eigenvalue weighted by Crippen LogP contribution is 2.19. The summed E-state index contributed by atoms with van der Waals surface area (Å²) in [6.45, 7) is 0. The second-order valence-corrected chi connectivity index (χ2v) is 3.88. The van der Waals surface area contributed by atoms with E-state index >= 15 is 0 Å². The van der Waals surface area contributed by atoms with E-state index in [1.54, 1.807) is 18.2 Å². The van der Waals surface area contributed by atoms with E-state index in [1.165, 1.54) is 6.07 Å². The lowest BCUT2D eigenvalue weighted by atomic mass is 9.93. The minimum atomic E-state index is -0.989. The molecule has 1 aromatic carbocycles. The number of carboxylic acids is 1. The van der Waals surface area contributed by atoms with Gasteiger partial charge >= 0.3 is 5.97 Å². The first kappa shape index (κ1) is 11.3. The molecule has 2 rings (SSSR count). The number of aromatic carboxylic acids is 1. The van der Waals surface area contributed by atoms with Gasteiger partial charge in [0.25, 0.3) is 0 Å². The number of benzene rings is 1. The lowest BCUT2D eigenvalue weighted by Gasteiger charge is -2.12. The first-order valence-corrected chi connectivity index (χ1v) is 5.47. The molecule has 0 aromatic heterocycles. The molecule has 86 valence electrons. The van der Waals surface area contributed by atoms with Gasteiger partial charge in [-0.15, -0.1) is 0 Å². The number of allylic oxidation sites excluding steroid dienone is 4. The van der Waals surface area contributed by atoms with Crippen molar-refractivity contribution in [2.45, 2.75) is 12.8 Å². The third kappa shape index (κ3) is 2.33. The van der Waals surface area contributed by atoms with Crippen molar-refractivity contribution in [3.63, 3.8) is 0 Å². The molecule has 0 saturated carbocycles. The molecule has 3 nitrogen and oxygen atoms in total. The van der Waals surface area contributed by atoms with Crippen LogP contribution in [0.3, 0.4) is 0 Å². The zero-order chi connectivity index (χ0) is 12.3. The Morgan fingerprint density at radius 3 is 2.53 bits per heavy atom. The number of rotatable bonds is 3. The topological polar surface area (TPSA) is 61.2 Å². The molecule has 0 amide bonds. The van der Waals surface area contributed by atoms with Gasteiger partial charge in [-0.05, 0) is 24.5 Å². The van der Waals surface area contributed by atoms with Crippen molar-refractivity contribution in [2.24, 2.45) is 0 Å². The summed E-state index contributed by atoms with van der Waals surface area (Å²) in [5.74, 6) is -0.989. The van der Waals surface area contributed by atoms with E-state index in [0.717, 1.165) is 18.4 Å². The van der Waals surface area contributed by atoms with Gasteiger partial charge in [-0.2, -0.15) is 0 Å². The summed E-state index contributed by atoms with van der Waals surface area (Å²) in [6, 6.07) is 6.65. The average Bonchev–Trinajstić information content (AvgIpc) is 2.39. The molecule has 2 N–H and O–H groups in total. The summed E-state index contributed by atoms with van der Waals surface area (Å²) in [5, 5.41) is 17.2. The standard InChI is InChI=1S/C14H13NO2/c15-13(10-6-2-1-3-7-10)11-8-4-5-9-12(11)14(16)17/h1-2,4-6,8-9,15H,3,7H2,(H,16,17). The SMILES string of the molecule is N=C(C1=CC=CCC1)c1ccccc1C(=O)O. The molecule has 3 heteroatoms. The van der Waals surface area contributed by atoms with Crippen LogP contribution in [0.15, 0.2) is 48.1 Å². The summed E-state index contributed by atoms with van der Waals surface area (Å²) >= 11 is 0. The minimum Gasteiger partial charge on any atom is -0.478 e. The zero-order valence-corrected chi connectivity index (χ0v) is 9.31. The highest BCUT2D eigenvalue weighted by molar-refractivity contribution is 6.15. The van der Waals surface area contributed by atoms with Crippen LogP contribution in [0.4, 0.5) is 0 Å². The molecule has 0 spiro atoms. The molecule has 0 bridgehead atoms. The lowest BCUT2D eigenvalue weighted by molar-refractivity contribution is 0.0696. The number of hydrogen-bond acceptors (Lipinski definition) is 2. The fraction of sp³-hybridized carbons (Fsp3) is 0.143. The van der Waals surface area contributed by atoms with Crippen LogP contribution in [-0.2, 0) is 0 Å². The zero-order valence-electron chi connectivity index (χ0n) is 9.31. The summed E-state index contributed by atoms with van der Waals surface area (Å²) < 4.78 is 0. The number of nitrogens with one attached hydrogen (secondary N) is 1. The van der Waals surface area contributed by atoms with Gasteiger partial charge < -0.3 is 5.11 Å². The molecule has 1 aliphatic carbocycles. The highest BCUT2D eigenvalue weighted by atomic mass is 16.4. The molecule has 0 unspecified atom stereocenters. The Hall–Kier alpha value is -2.16. The fourth-order valence-electron chi connectivity index (χ4n) is 1.87. The first-order chi connectivity index (χ1) is 8.20. The van der Waals surface area contributed by atoms with Gasteiger partial charge in [0, 0.05) is 5.56 Å². The quantitative estimate of drug-likeness (QED) is 0.779. The molecule has 0 radical (unpaired) electrons. The van der Waals surface area contributed by atoms with Gasteiger partial charge in [-0.25, -0.2) is 4.79 Å². The van der Waals surface area contributed by atoms with E-state index in [1.807, 2.05) is 18.2 Å². The average molecular weight is 227 g/mol. The predicted molar refractivity (Wildman–Crippen MR) is 66.7 cm³/mol. The van der Waals surface area contributed by atoms with Crippen molar-refractivity contribution in [3.05, 3.63) is 59.2 Å². The summed E-state index contributed by atoms with van der Waals surface area (Å²) in [4.78, 5) is 11.1.